The largest absolute Gasteiger partial charge is 0.478 e. The van der Waals surface area contributed by atoms with Crippen LogP contribution < -0.4 is 11.1 Å². The van der Waals surface area contributed by atoms with E-state index in [0.717, 1.165) is 6.07 Å². The molecule has 0 radical (unpaired) electrons. The molecule has 0 aromatic heterocycles. The fourth-order valence-electron chi connectivity index (χ4n) is 1.09. The summed E-state index contributed by atoms with van der Waals surface area (Å²) in [6.45, 7) is 0.167. The quantitative estimate of drug-likeness (QED) is 0.708. The summed E-state index contributed by atoms with van der Waals surface area (Å²) >= 11 is 0. The third-order valence-corrected chi connectivity index (χ3v) is 1.86. The van der Waals surface area contributed by atoms with Gasteiger partial charge in [0.05, 0.1) is 11.3 Å². The van der Waals surface area contributed by atoms with Gasteiger partial charge in [-0.1, -0.05) is 0 Å². The van der Waals surface area contributed by atoms with Crippen LogP contribution in [0.25, 0.3) is 0 Å². The van der Waals surface area contributed by atoms with Crippen molar-refractivity contribution in [1.82, 2.24) is 0 Å². The van der Waals surface area contributed by atoms with Crippen molar-refractivity contribution in [1.29, 1.82) is 0 Å². The third-order valence-electron chi connectivity index (χ3n) is 1.86. The number of aromatic carboxylic acids is 1. The molecule has 5 nitrogen and oxygen atoms in total. The van der Waals surface area contributed by atoms with Crippen LogP contribution in [0.2, 0.25) is 0 Å². The Balaban J connectivity index is 2.83. The minimum Gasteiger partial charge on any atom is -0.478 e. The van der Waals surface area contributed by atoms with Crippen LogP contribution >= 0.6 is 0 Å². The number of nitrogens with one attached hydrogen (secondary N) is 1. The molecule has 1 aromatic rings. The Hall–Kier alpha value is -1.95. The zero-order valence-corrected chi connectivity index (χ0v) is 8.37. The number of hydrogen-bond acceptors (Lipinski definition) is 3. The Bertz CT molecular complexity index is 421. The minimum absolute atomic E-state index is 0.0524. The van der Waals surface area contributed by atoms with Gasteiger partial charge in [-0.05, 0) is 18.2 Å². The Morgan fingerprint density at radius 1 is 1.44 bits per heavy atom. The average molecular weight is 226 g/mol. The van der Waals surface area contributed by atoms with Crippen molar-refractivity contribution in [3.63, 3.8) is 0 Å². The van der Waals surface area contributed by atoms with Crippen LogP contribution in [0, 0.1) is 5.82 Å². The molecule has 1 rings (SSSR count). The molecule has 6 heteroatoms. The second kappa shape index (κ2) is 5.22. The highest BCUT2D eigenvalue weighted by Crippen LogP contribution is 2.15. The molecule has 0 aliphatic rings. The van der Waals surface area contributed by atoms with Gasteiger partial charge in [0.1, 0.15) is 5.82 Å². The summed E-state index contributed by atoms with van der Waals surface area (Å²) in [5.74, 6) is -2.42. The first-order valence-corrected chi connectivity index (χ1v) is 4.57. The van der Waals surface area contributed by atoms with Gasteiger partial charge in [-0.3, -0.25) is 4.79 Å². The molecule has 86 valence electrons. The second-order valence-corrected chi connectivity index (χ2v) is 3.09. The zero-order chi connectivity index (χ0) is 12.1. The Kier molecular flexibility index (Phi) is 3.96. The Morgan fingerprint density at radius 3 is 2.62 bits per heavy atom. The molecule has 0 atom stereocenters. The van der Waals surface area contributed by atoms with Crippen molar-refractivity contribution < 1.29 is 19.1 Å². The standard InChI is InChI=1S/C10H11FN2O3/c11-7-5-6(10(15)16)1-2-8(7)13-9(14)3-4-12/h1-2,5H,3-4,12H2,(H,13,14)(H,15,16). The predicted octanol–water partition coefficient (Wildman–Crippen LogP) is 0.811. The number of anilines is 1. The summed E-state index contributed by atoms with van der Waals surface area (Å²) in [6.07, 6.45) is 0.0835. The average Bonchev–Trinajstić information content (AvgIpc) is 2.21. The van der Waals surface area contributed by atoms with E-state index in [1.807, 2.05) is 0 Å². The van der Waals surface area contributed by atoms with Crippen LogP contribution in [-0.2, 0) is 4.79 Å². The second-order valence-electron chi connectivity index (χ2n) is 3.09. The lowest BCUT2D eigenvalue weighted by Crippen LogP contribution is -2.17. The summed E-state index contributed by atoms with van der Waals surface area (Å²) < 4.78 is 13.3. The van der Waals surface area contributed by atoms with E-state index in [2.05, 4.69) is 5.32 Å². The molecule has 0 spiro atoms. The lowest BCUT2D eigenvalue weighted by molar-refractivity contribution is -0.116. The summed E-state index contributed by atoms with van der Waals surface area (Å²) in [5.41, 5.74) is 4.93. The number of carbonyl (C=O) groups is 2. The molecule has 0 aliphatic heterocycles. The maximum atomic E-state index is 13.3. The van der Waals surface area contributed by atoms with Gasteiger partial charge in [0, 0.05) is 13.0 Å². The smallest absolute Gasteiger partial charge is 0.335 e. The lowest BCUT2D eigenvalue weighted by atomic mass is 10.2. The van der Waals surface area contributed by atoms with E-state index in [0.29, 0.717) is 0 Å². The fourth-order valence-corrected chi connectivity index (χ4v) is 1.09. The molecular formula is C10H11FN2O3. The summed E-state index contributed by atoms with van der Waals surface area (Å²) in [6, 6.07) is 3.26. The van der Waals surface area contributed by atoms with Gasteiger partial charge in [-0.15, -0.1) is 0 Å². The van der Waals surface area contributed by atoms with E-state index >= 15 is 0 Å². The van der Waals surface area contributed by atoms with Crippen molar-refractivity contribution in [2.75, 3.05) is 11.9 Å². The molecular weight excluding hydrogens is 215 g/mol. The number of carbonyl (C=O) groups excluding carboxylic acids is 1. The number of nitrogens with two attached hydrogens (primary N) is 1. The van der Waals surface area contributed by atoms with Crippen LogP contribution in [0.15, 0.2) is 18.2 Å². The van der Waals surface area contributed by atoms with E-state index in [4.69, 9.17) is 10.8 Å². The van der Waals surface area contributed by atoms with Crippen molar-refractivity contribution in [3.05, 3.63) is 29.6 Å². The Labute approximate surface area is 91.1 Å². The zero-order valence-electron chi connectivity index (χ0n) is 8.37. The molecule has 16 heavy (non-hydrogen) atoms. The summed E-state index contributed by atoms with van der Waals surface area (Å²) in [5, 5.41) is 10.9. The van der Waals surface area contributed by atoms with Gasteiger partial charge in [-0.25, -0.2) is 9.18 Å². The monoisotopic (exact) mass is 226 g/mol. The van der Waals surface area contributed by atoms with Gasteiger partial charge < -0.3 is 16.2 Å². The van der Waals surface area contributed by atoms with Crippen LogP contribution in [0.3, 0.4) is 0 Å². The van der Waals surface area contributed by atoms with E-state index in [1.165, 1.54) is 12.1 Å². The maximum absolute atomic E-state index is 13.3. The molecule has 1 aromatic carbocycles. The van der Waals surface area contributed by atoms with Crippen molar-refractivity contribution >= 4 is 17.6 Å². The predicted molar refractivity (Wildman–Crippen MR) is 55.7 cm³/mol. The maximum Gasteiger partial charge on any atom is 0.335 e. The minimum atomic E-state index is -1.22. The van der Waals surface area contributed by atoms with E-state index in [9.17, 15) is 14.0 Å². The third kappa shape index (κ3) is 3.03. The van der Waals surface area contributed by atoms with Crippen LogP contribution in [0.5, 0.6) is 0 Å². The fraction of sp³-hybridized carbons (Fsp3) is 0.200. The summed E-state index contributed by atoms with van der Waals surface area (Å²) in [7, 11) is 0. The number of halogens is 1. The van der Waals surface area contributed by atoms with Crippen LogP contribution in [0.4, 0.5) is 10.1 Å². The van der Waals surface area contributed by atoms with Gasteiger partial charge in [0.15, 0.2) is 0 Å². The van der Waals surface area contributed by atoms with Gasteiger partial charge in [0.2, 0.25) is 5.91 Å². The van der Waals surface area contributed by atoms with Crippen molar-refractivity contribution in [2.45, 2.75) is 6.42 Å². The van der Waals surface area contributed by atoms with Crippen molar-refractivity contribution in [2.24, 2.45) is 5.73 Å². The van der Waals surface area contributed by atoms with E-state index in [-0.39, 0.29) is 24.2 Å². The molecule has 4 N–H and O–H groups in total. The molecule has 0 aliphatic carbocycles. The highest BCUT2D eigenvalue weighted by molar-refractivity contribution is 5.92. The van der Waals surface area contributed by atoms with Crippen LogP contribution in [0.1, 0.15) is 16.8 Å². The Morgan fingerprint density at radius 2 is 2.12 bits per heavy atom. The SMILES string of the molecule is NCCC(=O)Nc1ccc(C(=O)O)cc1F. The highest BCUT2D eigenvalue weighted by atomic mass is 19.1. The topological polar surface area (TPSA) is 92.4 Å². The first kappa shape index (κ1) is 12.1. The number of rotatable bonds is 4. The molecule has 0 fully saturated rings. The first-order valence-electron chi connectivity index (χ1n) is 4.57. The van der Waals surface area contributed by atoms with E-state index < -0.39 is 17.7 Å². The number of carboxylic acids is 1. The van der Waals surface area contributed by atoms with Crippen LogP contribution in [-0.4, -0.2) is 23.5 Å². The molecule has 0 saturated carbocycles. The lowest BCUT2D eigenvalue weighted by Gasteiger charge is -2.06. The highest BCUT2D eigenvalue weighted by Gasteiger charge is 2.10. The van der Waals surface area contributed by atoms with Gasteiger partial charge >= 0.3 is 5.97 Å². The molecule has 1 amide bonds. The first-order chi connectivity index (χ1) is 7.54. The van der Waals surface area contributed by atoms with Gasteiger partial charge in [0.25, 0.3) is 0 Å². The molecule has 0 bridgehead atoms. The number of amides is 1. The van der Waals surface area contributed by atoms with Gasteiger partial charge in [-0.2, -0.15) is 0 Å². The van der Waals surface area contributed by atoms with Crippen molar-refractivity contribution in [3.8, 4) is 0 Å². The normalized spacial score (nSPS) is 9.88. The molecule has 0 saturated heterocycles. The number of hydrogen-bond donors (Lipinski definition) is 3. The molecule has 0 heterocycles. The molecule has 0 unspecified atom stereocenters. The van der Waals surface area contributed by atoms with E-state index in [1.54, 1.807) is 0 Å². The summed E-state index contributed by atoms with van der Waals surface area (Å²) in [4.78, 5) is 21.6. The number of benzene rings is 1. The number of carboxylic acid groups (broad SMARTS) is 1.